The zero-order valence-corrected chi connectivity index (χ0v) is 16.2. The van der Waals surface area contributed by atoms with Gasteiger partial charge >= 0.3 is 0 Å². The van der Waals surface area contributed by atoms with Gasteiger partial charge in [0.15, 0.2) is 0 Å². The fourth-order valence-corrected chi connectivity index (χ4v) is 3.09. The Morgan fingerprint density at radius 1 is 1.00 bits per heavy atom. The fourth-order valence-electron chi connectivity index (χ4n) is 3.09. The minimum atomic E-state index is -0.572. The van der Waals surface area contributed by atoms with E-state index in [1.54, 1.807) is 13.2 Å². The van der Waals surface area contributed by atoms with E-state index >= 15 is 0 Å². The number of benzene rings is 2. The minimum absolute atomic E-state index is 0. The molecule has 1 N–H and O–H groups in total. The monoisotopic (exact) mass is 396 g/mol. The van der Waals surface area contributed by atoms with Gasteiger partial charge in [0.1, 0.15) is 30.0 Å². The number of para-hydroxylation sites is 1. The summed E-state index contributed by atoms with van der Waals surface area (Å²) in [7, 11) is 1.62. The van der Waals surface area contributed by atoms with Gasteiger partial charge in [-0.2, -0.15) is 0 Å². The van der Waals surface area contributed by atoms with Crippen molar-refractivity contribution in [2.24, 2.45) is 0 Å². The maximum absolute atomic E-state index is 13.9. The van der Waals surface area contributed by atoms with E-state index in [9.17, 15) is 9.50 Å². The van der Waals surface area contributed by atoms with Crippen molar-refractivity contribution >= 4 is 18.1 Å². The predicted molar refractivity (Wildman–Crippen MR) is 107 cm³/mol. The van der Waals surface area contributed by atoms with E-state index in [4.69, 9.17) is 9.47 Å². The van der Waals surface area contributed by atoms with E-state index in [1.165, 1.54) is 6.07 Å². The molecule has 27 heavy (non-hydrogen) atoms. The summed E-state index contributed by atoms with van der Waals surface area (Å²) >= 11 is 0. The normalized spacial score (nSPS) is 15.7. The van der Waals surface area contributed by atoms with Crippen molar-refractivity contribution in [3.8, 4) is 11.5 Å². The van der Waals surface area contributed by atoms with Crippen LogP contribution >= 0.6 is 12.4 Å². The molecule has 2 aromatic rings. The molecule has 7 heteroatoms. The maximum atomic E-state index is 13.9. The van der Waals surface area contributed by atoms with Crippen LogP contribution in [0.3, 0.4) is 0 Å². The second-order valence-electron chi connectivity index (χ2n) is 6.38. The number of methoxy groups -OCH3 is 1. The third-order valence-corrected chi connectivity index (χ3v) is 4.54. The fraction of sp³-hybridized carbons (Fsp3) is 0.400. The highest BCUT2D eigenvalue weighted by Gasteiger charge is 2.21. The molecular formula is C20H26ClFN2O3. The van der Waals surface area contributed by atoms with E-state index < -0.39 is 6.10 Å². The van der Waals surface area contributed by atoms with Crippen molar-refractivity contribution in [2.75, 3.05) is 51.3 Å². The van der Waals surface area contributed by atoms with Crippen LogP contribution in [0.25, 0.3) is 0 Å². The molecule has 1 fully saturated rings. The number of aliphatic hydroxyl groups excluding tert-OH is 1. The molecule has 1 heterocycles. The van der Waals surface area contributed by atoms with Crippen molar-refractivity contribution in [3.63, 3.8) is 0 Å². The topological polar surface area (TPSA) is 45.2 Å². The van der Waals surface area contributed by atoms with Crippen molar-refractivity contribution in [2.45, 2.75) is 6.10 Å². The molecule has 0 saturated carbocycles. The summed E-state index contributed by atoms with van der Waals surface area (Å²) in [5, 5.41) is 10.2. The summed E-state index contributed by atoms with van der Waals surface area (Å²) in [6.07, 6.45) is -0.572. The molecule has 0 aliphatic carbocycles. The van der Waals surface area contributed by atoms with E-state index in [0.29, 0.717) is 18.0 Å². The summed E-state index contributed by atoms with van der Waals surface area (Å²) in [6, 6.07) is 14.1. The van der Waals surface area contributed by atoms with Crippen molar-refractivity contribution in [3.05, 3.63) is 54.3 Å². The molecule has 1 unspecified atom stereocenters. The lowest BCUT2D eigenvalue weighted by atomic mass is 10.2. The second kappa shape index (κ2) is 10.3. The van der Waals surface area contributed by atoms with Crippen LogP contribution in [0.1, 0.15) is 0 Å². The SMILES string of the molecule is COc1ccc(OCC(O)CN2CCN(c3ccccc3F)CC2)cc1.Cl. The summed E-state index contributed by atoms with van der Waals surface area (Å²) in [5.74, 6) is 1.29. The number of halogens is 2. The molecule has 0 radical (unpaired) electrons. The second-order valence-corrected chi connectivity index (χ2v) is 6.38. The zero-order valence-electron chi connectivity index (χ0n) is 15.4. The molecule has 3 rings (SSSR count). The first-order valence-corrected chi connectivity index (χ1v) is 8.82. The first-order valence-electron chi connectivity index (χ1n) is 8.82. The molecule has 1 saturated heterocycles. The number of hydrogen-bond donors (Lipinski definition) is 1. The molecule has 148 valence electrons. The number of aliphatic hydroxyl groups is 1. The summed E-state index contributed by atoms with van der Waals surface area (Å²) in [4.78, 5) is 4.23. The van der Waals surface area contributed by atoms with E-state index in [2.05, 4.69) is 4.90 Å². The molecule has 1 aliphatic heterocycles. The minimum Gasteiger partial charge on any atom is -0.497 e. The van der Waals surface area contributed by atoms with E-state index in [0.717, 1.165) is 31.9 Å². The van der Waals surface area contributed by atoms with Gasteiger partial charge in [-0.1, -0.05) is 12.1 Å². The van der Waals surface area contributed by atoms with Crippen LogP contribution < -0.4 is 14.4 Å². The predicted octanol–water partition coefficient (Wildman–Crippen LogP) is 2.82. The van der Waals surface area contributed by atoms with Crippen LogP contribution in [-0.2, 0) is 0 Å². The first kappa shape index (κ1) is 21.3. The number of anilines is 1. The third-order valence-electron chi connectivity index (χ3n) is 4.54. The van der Waals surface area contributed by atoms with Crippen molar-refractivity contribution in [1.29, 1.82) is 0 Å². The van der Waals surface area contributed by atoms with Gasteiger partial charge in [-0.25, -0.2) is 4.39 Å². The maximum Gasteiger partial charge on any atom is 0.146 e. The number of rotatable bonds is 7. The highest BCUT2D eigenvalue weighted by molar-refractivity contribution is 5.85. The first-order chi connectivity index (χ1) is 12.7. The van der Waals surface area contributed by atoms with Gasteiger partial charge in [-0.15, -0.1) is 12.4 Å². The standard InChI is InChI=1S/C20H25FN2O3.ClH/c1-25-17-6-8-18(9-7-17)26-15-16(24)14-22-10-12-23(13-11-22)20-5-3-2-4-19(20)21;/h2-9,16,24H,10-15H2,1H3;1H. The van der Waals surface area contributed by atoms with Crippen LogP contribution in [0.2, 0.25) is 0 Å². The van der Waals surface area contributed by atoms with Gasteiger partial charge in [-0.05, 0) is 36.4 Å². The van der Waals surface area contributed by atoms with E-state index in [1.807, 2.05) is 41.3 Å². The molecule has 1 atom stereocenters. The Balaban J connectivity index is 0.00000261. The Bertz CT molecular complexity index is 694. The molecule has 0 amide bonds. The van der Waals surface area contributed by atoms with Gasteiger partial charge in [0.25, 0.3) is 0 Å². The van der Waals surface area contributed by atoms with Crippen LogP contribution in [0.4, 0.5) is 10.1 Å². The molecule has 0 aromatic heterocycles. The van der Waals surface area contributed by atoms with Gasteiger partial charge in [0, 0.05) is 32.7 Å². The van der Waals surface area contributed by atoms with Crippen LogP contribution in [0.5, 0.6) is 11.5 Å². The highest BCUT2D eigenvalue weighted by atomic mass is 35.5. The molecule has 1 aliphatic rings. The number of ether oxygens (including phenoxy) is 2. The van der Waals surface area contributed by atoms with E-state index in [-0.39, 0.29) is 24.8 Å². The van der Waals surface area contributed by atoms with Gasteiger partial charge in [-0.3, -0.25) is 4.90 Å². The Labute approximate surface area is 165 Å². The quantitative estimate of drug-likeness (QED) is 0.779. The Hall–Kier alpha value is -2.02. The van der Waals surface area contributed by atoms with Gasteiger partial charge in [0.05, 0.1) is 12.8 Å². The van der Waals surface area contributed by atoms with Crippen LogP contribution in [-0.4, -0.2) is 62.6 Å². The smallest absolute Gasteiger partial charge is 0.146 e. The average Bonchev–Trinajstić information content (AvgIpc) is 2.68. The average molecular weight is 397 g/mol. The van der Waals surface area contributed by atoms with Crippen LogP contribution in [0.15, 0.2) is 48.5 Å². The largest absolute Gasteiger partial charge is 0.497 e. The lowest BCUT2D eigenvalue weighted by molar-refractivity contribution is 0.0662. The number of piperazine rings is 1. The Kier molecular flexibility index (Phi) is 8.16. The summed E-state index contributed by atoms with van der Waals surface area (Å²) in [5.41, 5.74) is 0.649. The lowest BCUT2D eigenvalue weighted by Crippen LogP contribution is -2.49. The molecule has 5 nitrogen and oxygen atoms in total. The van der Waals surface area contributed by atoms with Crippen molar-refractivity contribution in [1.82, 2.24) is 4.90 Å². The number of hydrogen-bond acceptors (Lipinski definition) is 5. The van der Waals surface area contributed by atoms with Crippen LogP contribution in [0, 0.1) is 5.82 Å². The summed E-state index contributed by atoms with van der Waals surface area (Å²) in [6.45, 7) is 3.84. The van der Waals surface area contributed by atoms with Crippen molar-refractivity contribution < 1.29 is 19.0 Å². The summed E-state index contributed by atoms with van der Waals surface area (Å²) < 4.78 is 24.6. The lowest BCUT2D eigenvalue weighted by Gasteiger charge is -2.36. The highest BCUT2D eigenvalue weighted by Crippen LogP contribution is 2.20. The Morgan fingerprint density at radius 3 is 2.26 bits per heavy atom. The molecule has 0 spiro atoms. The third kappa shape index (κ3) is 5.99. The molecule has 0 bridgehead atoms. The van der Waals surface area contributed by atoms with Gasteiger partial charge in [0.2, 0.25) is 0 Å². The molecule has 2 aromatic carbocycles. The molecular weight excluding hydrogens is 371 g/mol. The number of β-amino-alcohol motifs (C(OH)–C–C–N with tert-alkyl or cyclic N) is 1. The number of nitrogens with zero attached hydrogens (tertiary/aromatic N) is 2. The zero-order chi connectivity index (χ0) is 18.4. The van der Waals surface area contributed by atoms with Gasteiger partial charge < -0.3 is 19.5 Å². The Morgan fingerprint density at radius 2 is 1.63 bits per heavy atom.